The third-order valence-corrected chi connectivity index (χ3v) is 4.15. The van der Waals surface area contributed by atoms with Gasteiger partial charge in [-0.05, 0) is 71.8 Å². The molecule has 4 nitrogen and oxygen atoms in total. The Morgan fingerprint density at radius 1 is 0.963 bits per heavy atom. The average Bonchev–Trinajstić information content (AvgIpc) is 2.68. The van der Waals surface area contributed by atoms with E-state index in [4.69, 9.17) is 27.9 Å². The molecule has 0 saturated heterocycles. The van der Waals surface area contributed by atoms with Crippen molar-refractivity contribution in [2.24, 2.45) is 5.10 Å². The van der Waals surface area contributed by atoms with Crippen LogP contribution < -0.4 is 10.2 Å². The topological polar surface area (TPSA) is 50.7 Å². The summed E-state index contributed by atoms with van der Waals surface area (Å²) in [5, 5.41) is 5.22. The quantitative estimate of drug-likeness (QED) is 0.450. The van der Waals surface area contributed by atoms with Gasteiger partial charge in [0.2, 0.25) is 0 Å². The molecule has 0 aliphatic rings. The van der Waals surface area contributed by atoms with Gasteiger partial charge in [-0.25, -0.2) is 5.43 Å². The summed E-state index contributed by atoms with van der Waals surface area (Å²) in [5.41, 5.74) is 4.80. The van der Waals surface area contributed by atoms with Gasteiger partial charge in [-0.3, -0.25) is 4.79 Å². The van der Waals surface area contributed by atoms with Crippen LogP contribution >= 0.6 is 23.2 Å². The van der Waals surface area contributed by atoms with Gasteiger partial charge in [-0.2, -0.15) is 5.10 Å². The van der Waals surface area contributed by atoms with Crippen LogP contribution in [0.2, 0.25) is 10.0 Å². The van der Waals surface area contributed by atoms with Crippen molar-refractivity contribution in [2.75, 3.05) is 0 Å². The summed E-state index contributed by atoms with van der Waals surface area (Å²) in [6.45, 7) is 0.436. The normalized spacial score (nSPS) is 10.7. The molecule has 6 heteroatoms. The number of benzene rings is 3. The number of carbonyl (C=O) groups is 1. The smallest absolute Gasteiger partial charge is 0.271 e. The highest BCUT2D eigenvalue weighted by atomic mass is 35.5. The third-order valence-electron chi connectivity index (χ3n) is 3.66. The standard InChI is InChI=1S/C21H16Cl2N2O2/c22-18-8-6-17(7-9-18)21(26)25-24-13-15-4-10-20(11-5-15)27-14-16-2-1-3-19(23)12-16/h1-13H,14H2,(H,25,26)/b24-13+. The second kappa shape index (κ2) is 9.21. The maximum absolute atomic E-state index is 11.9. The molecule has 1 N–H and O–H groups in total. The van der Waals surface area contributed by atoms with Crippen LogP contribution in [0.1, 0.15) is 21.5 Å². The fourth-order valence-corrected chi connectivity index (χ4v) is 2.61. The number of rotatable bonds is 6. The largest absolute Gasteiger partial charge is 0.489 e. The Hall–Kier alpha value is -2.82. The Kier molecular flexibility index (Phi) is 6.47. The first-order chi connectivity index (χ1) is 13.1. The highest BCUT2D eigenvalue weighted by molar-refractivity contribution is 6.30. The zero-order chi connectivity index (χ0) is 19.1. The molecular formula is C21H16Cl2N2O2. The lowest BCUT2D eigenvalue weighted by Crippen LogP contribution is -2.17. The minimum Gasteiger partial charge on any atom is -0.489 e. The summed E-state index contributed by atoms with van der Waals surface area (Å²) < 4.78 is 5.73. The maximum Gasteiger partial charge on any atom is 0.271 e. The molecule has 3 aromatic rings. The number of carbonyl (C=O) groups excluding carboxylic acids is 1. The lowest BCUT2D eigenvalue weighted by Gasteiger charge is -2.06. The Labute approximate surface area is 167 Å². The van der Waals surface area contributed by atoms with Crippen molar-refractivity contribution in [1.29, 1.82) is 0 Å². The Bertz CT molecular complexity index is 939. The molecule has 0 unspecified atom stereocenters. The summed E-state index contributed by atoms with van der Waals surface area (Å²) in [7, 11) is 0. The molecule has 0 radical (unpaired) electrons. The van der Waals surface area contributed by atoms with Crippen molar-refractivity contribution in [2.45, 2.75) is 6.61 Å². The first kappa shape index (κ1) is 19.0. The summed E-state index contributed by atoms with van der Waals surface area (Å²) in [4.78, 5) is 11.9. The van der Waals surface area contributed by atoms with E-state index in [9.17, 15) is 4.79 Å². The average molecular weight is 399 g/mol. The number of hydrogen-bond donors (Lipinski definition) is 1. The minimum absolute atomic E-state index is 0.301. The molecule has 0 aliphatic carbocycles. The summed E-state index contributed by atoms with van der Waals surface area (Å²) in [6, 6.07) is 21.5. The molecule has 0 heterocycles. The van der Waals surface area contributed by atoms with Gasteiger partial charge in [0.15, 0.2) is 0 Å². The lowest BCUT2D eigenvalue weighted by atomic mass is 10.2. The second-order valence-electron chi connectivity index (χ2n) is 5.69. The molecule has 0 atom stereocenters. The summed E-state index contributed by atoms with van der Waals surface area (Å²) >= 11 is 11.8. The summed E-state index contributed by atoms with van der Waals surface area (Å²) in [6.07, 6.45) is 1.56. The SMILES string of the molecule is O=C(N/N=C/c1ccc(OCc2cccc(Cl)c2)cc1)c1ccc(Cl)cc1. The zero-order valence-corrected chi connectivity index (χ0v) is 15.7. The van der Waals surface area contributed by atoms with Gasteiger partial charge in [0, 0.05) is 15.6 Å². The second-order valence-corrected chi connectivity index (χ2v) is 6.57. The van der Waals surface area contributed by atoms with Crippen molar-refractivity contribution < 1.29 is 9.53 Å². The van der Waals surface area contributed by atoms with E-state index in [1.165, 1.54) is 0 Å². The van der Waals surface area contributed by atoms with Gasteiger partial charge in [-0.15, -0.1) is 0 Å². The zero-order valence-electron chi connectivity index (χ0n) is 14.2. The molecule has 0 saturated carbocycles. The van der Waals surface area contributed by atoms with Crippen LogP contribution in [0, 0.1) is 0 Å². The Balaban J connectivity index is 1.51. The first-order valence-corrected chi connectivity index (χ1v) is 8.92. The number of hydrazone groups is 1. The number of halogens is 2. The van der Waals surface area contributed by atoms with E-state index in [1.54, 1.807) is 30.5 Å². The molecule has 0 aliphatic heterocycles. The van der Waals surface area contributed by atoms with Crippen LogP contribution in [0.15, 0.2) is 77.9 Å². The van der Waals surface area contributed by atoms with E-state index in [-0.39, 0.29) is 5.91 Å². The van der Waals surface area contributed by atoms with Crippen molar-refractivity contribution in [1.82, 2.24) is 5.43 Å². The monoisotopic (exact) mass is 398 g/mol. The molecule has 1 amide bonds. The van der Waals surface area contributed by atoms with Gasteiger partial charge in [0.05, 0.1) is 6.21 Å². The molecule has 0 fully saturated rings. The molecule has 136 valence electrons. The Morgan fingerprint density at radius 2 is 1.70 bits per heavy atom. The molecule has 0 bridgehead atoms. The highest BCUT2D eigenvalue weighted by Gasteiger charge is 2.03. The molecule has 0 aromatic heterocycles. The molecule has 27 heavy (non-hydrogen) atoms. The van der Waals surface area contributed by atoms with E-state index in [2.05, 4.69) is 10.5 Å². The molecule has 0 spiro atoms. The third kappa shape index (κ3) is 5.84. The number of nitrogens with zero attached hydrogens (tertiary/aromatic N) is 1. The van der Waals surface area contributed by atoms with E-state index in [0.29, 0.717) is 22.2 Å². The van der Waals surface area contributed by atoms with Crippen LogP contribution in [0.3, 0.4) is 0 Å². The predicted molar refractivity (Wildman–Crippen MR) is 109 cm³/mol. The Morgan fingerprint density at radius 3 is 2.41 bits per heavy atom. The van der Waals surface area contributed by atoms with Crippen LogP contribution in [0.25, 0.3) is 0 Å². The number of ether oxygens (including phenoxy) is 1. The van der Waals surface area contributed by atoms with Gasteiger partial charge in [0.1, 0.15) is 12.4 Å². The van der Waals surface area contributed by atoms with Crippen LogP contribution in [0.5, 0.6) is 5.75 Å². The highest BCUT2D eigenvalue weighted by Crippen LogP contribution is 2.16. The number of amides is 1. The van der Waals surface area contributed by atoms with Gasteiger partial charge in [0.25, 0.3) is 5.91 Å². The molecular weight excluding hydrogens is 383 g/mol. The number of hydrogen-bond acceptors (Lipinski definition) is 3. The number of nitrogens with one attached hydrogen (secondary N) is 1. The summed E-state index contributed by atoms with van der Waals surface area (Å²) in [5.74, 6) is 0.432. The first-order valence-electron chi connectivity index (χ1n) is 8.16. The van der Waals surface area contributed by atoms with Crippen molar-refractivity contribution in [3.05, 3.63) is 99.5 Å². The van der Waals surface area contributed by atoms with Crippen LogP contribution in [-0.2, 0) is 6.61 Å². The maximum atomic E-state index is 11.9. The molecule has 3 rings (SSSR count). The fourth-order valence-electron chi connectivity index (χ4n) is 2.27. The van der Waals surface area contributed by atoms with E-state index >= 15 is 0 Å². The fraction of sp³-hybridized carbons (Fsp3) is 0.0476. The minimum atomic E-state index is -0.301. The van der Waals surface area contributed by atoms with Crippen molar-refractivity contribution in [3.8, 4) is 5.75 Å². The van der Waals surface area contributed by atoms with E-state index in [1.807, 2.05) is 48.5 Å². The lowest BCUT2D eigenvalue weighted by molar-refractivity contribution is 0.0955. The van der Waals surface area contributed by atoms with Crippen molar-refractivity contribution in [3.63, 3.8) is 0 Å². The van der Waals surface area contributed by atoms with Gasteiger partial charge >= 0.3 is 0 Å². The van der Waals surface area contributed by atoms with Crippen LogP contribution in [-0.4, -0.2) is 12.1 Å². The predicted octanol–water partition coefficient (Wildman–Crippen LogP) is 5.34. The van der Waals surface area contributed by atoms with Crippen LogP contribution in [0.4, 0.5) is 0 Å². The molecule has 3 aromatic carbocycles. The van der Waals surface area contributed by atoms with E-state index in [0.717, 1.165) is 16.9 Å². The van der Waals surface area contributed by atoms with Crippen molar-refractivity contribution >= 4 is 35.3 Å². The van der Waals surface area contributed by atoms with Gasteiger partial charge < -0.3 is 4.74 Å². The van der Waals surface area contributed by atoms with Gasteiger partial charge in [-0.1, -0.05) is 35.3 Å². The van der Waals surface area contributed by atoms with E-state index < -0.39 is 0 Å².